The molecule has 1 fully saturated rings. The molecular formula is C21H33IN6O2S. The molecule has 0 bridgehead atoms. The topological polar surface area (TPSA) is 91.6 Å². The average molecular weight is 561 g/mol. The molecule has 0 spiro atoms. The predicted molar refractivity (Wildman–Crippen MR) is 136 cm³/mol. The third-order valence-electron chi connectivity index (χ3n) is 5.14. The van der Waals surface area contributed by atoms with Crippen molar-refractivity contribution in [3.8, 4) is 5.69 Å². The molecule has 0 unspecified atom stereocenters. The minimum Gasteiger partial charge on any atom is -0.357 e. The SMILES string of the molecule is CCNC(=NCc1ccccc1-n1nc(C)cc1C)NCCN1CCS(=O)(=O)CC1.I. The third-order valence-corrected chi connectivity index (χ3v) is 6.75. The van der Waals surface area contributed by atoms with Crippen LogP contribution in [-0.2, 0) is 16.4 Å². The molecule has 2 aromatic rings. The lowest BCUT2D eigenvalue weighted by Crippen LogP contribution is -2.45. The Hall–Kier alpha value is -1.66. The van der Waals surface area contributed by atoms with E-state index < -0.39 is 9.84 Å². The molecule has 1 aromatic heterocycles. The van der Waals surface area contributed by atoms with Crippen LogP contribution in [0.4, 0.5) is 0 Å². The van der Waals surface area contributed by atoms with Gasteiger partial charge in [0.1, 0.15) is 0 Å². The molecule has 10 heteroatoms. The van der Waals surface area contributed by atoms with Gasteiger partial charge in [0.15, 0.2) is 15.8 Å². The van der Waals surface area contributed by atoms with Crippen LogP contribution < -0.4 is 10.6 Å². The molecule has 0 aliphatic carbocycles. The number of nitrogens with zero attached hydrogens (tertiary/aromatic N) is 4. The number of halogens is 1. The molecular weight excluding hydrogens is 527 g/mol. The van der Waals surface area contributed by atoms with Crippen molar-refractivity contribution < 1.29 is 8.42 Å². The van der Waals surface area contributed by atoms with Gasteiger partial charge >= 0.3 is 0 Å². The van der Waals surface area contributed by atoms with Crippen molar-refractivity contribution in [1.82, 2.24) is 25.3 Å². The number of benzene rings is 1. The number of hydrogen-bond donors (Lipinski definition) is 2. The monoisotopic (exact) mass is 560 g/mol. The highest BCUT2D eigenvalue weighted by atomic mass is 127. The lowest BCUT2D eigenvalue weighted by molar-refractivity contribution is 0.299. The van der Waals surface area contributed by atoms with Crippen LogP contribution in [0.2, 0.25) is 0 Å². The number of para-hydroxylation sites is 1. The molecule has 0 radical (unpaired) electrons. The molecule has 3 rings (SSSR count). The normalized spacial score (nSPS) is 16.5. The Kier molecular flexibility index (Phi) is 9.76. The minimum absolute atomic E-state index is 0. The highest BCUT2D eigenvalue weighted by Gasteiger charge is 2.20. The number of rotatable bonds is 7. The summed E-state index contributed by atoms with van der Waals surface area (Å²) in [4.78, 5) is 6.93. The standard InChI is InChI=1S/C21H32N6O2S.HI/c1-4-22-21(23-9-10-26-11-13-30(28,29)14-12-26)24-16-19-7-5-6-8-20(19)27-18(3)15-17(2)25-27;/h5-8,15H,4,9-14,16H2,1-3H3,(H2,22,23,24);1H. The van der Waals surface area contributed by atoms with Crippen molar-refractivity contribution in [2.75, 3.05) is 44.2 Å². The number of aryl methyl sites for hydroxylation is 2. The Bertz CT molecular complexity index is 976. The van der Waals surface area contributed by atoms with Gasteiger partial charge in [-0.2, -0.15) is 5.10 Å². The fourth-order valence-corrected chi connectivity index (χ4v) is 4.81. The lowest BCUT2D eigenvalue weighted by atomic mass is 10.2. The molecule has 1 aromatic carbocycles. The number of aliphatic imine (C=N–C) groups is 1. The molecule has 2 heterocycles. The molecule has 2 N–H and O–H groups in total. The van der Waals surface area contributed by atoms with Gasteiger partial charge in [-0.3, -0.25) is 4.90 Å². The molecule has 1 aliphatic heterocycles. The van der Waals surface area contributed by atoms with E-state index in [1.54, 1.807) is 0 Å². The van der Waals surface area contributed by atoms with E-state index >= 15 is 0 Å². The number of hydrogen-bond acceptors (Lipinski definition) is 5. The average Bonchev–Trinajstić information content (AvgIpc) is 3.05. The Labute approximate surface area is 202 Å². The van der Waals surface area contributed by atoms with Gasteiger partial charge in [0.25, 0.3) is 0 Å². The Morgan fingerprint density at radius 1 is 1.16 bits per heavy atom. The molecule has 0 amide bonds. The van der Waals surface area contributed by atoms with Gasteiger partial charge in [0.05, 0.1) is 29.4 Å². The van der Waals surface area contributed by atoms with Gasteiger partial charge in [0, 0.05) is 38.4 Å². The van der Waals surface area contributed by atoms with E-state index in [9.17, 15) is 8.42 Å². The van der Waals surface area contributed by atoms with Crippen LogP contribution in [0.3, 0.4) is 0 Å². The van der Waals surface area contributed by atoms with Crippen molar-refractivity contribution >= 4 is 39.8 Å². The summed E-state index contributed by atoms with van der Waals surface area (Å²) in [6, 6.07) is 10.2. The Morgan fingerprint density at radius 2 is 1.87 bits per heavy atom. The fourth-order valence-electron chi connectivity index (χ4n) is 3.54. The number of guanidine groups is 1. The Morgan fingerprint density at radius 3 is 2.52 bits per heavy atom. The van der Waals surface area contributed by atoms with Crippen molar-refractivity contribution in [1.29, 1.82) is 0 Å². The maximum atomic E-state index is 11.6. The second-order valence-electron chi connectivity index (χ2n) is 7.58. The van der Waals surface area contributed by atoms with Crippen molar-refractivity contribution in [2.24, 2.45) is 4.99 Å². The lowest BCUT2D eigenvalue weighted by Gasteiger charge is -2.26. The summed E-state index contributed by atoms with van der Waals surface area (Å²) in [7, 11) is -2.84. The summed E-state index contributed by atoms with van der Waals surface area (Å²) >= 11 is 0. The number of aromatic nitrogens is 2. The van der Waals surface area contributed by atoms with E-state index in [0.29, 0.717) is 26.2 Å². The number of sulfone groups is 1. The molecule has 8 nitrogen and oxygen atoms in total. The summed E-state index contributed by atoms with van der Waals surface area (Å²) in [6.45, 7) is 10.1. The third kappa shape index (κ3) is 7.46. The second kappa shape index (κ2) is 11.8. The summed E-state index contributed by atoms with van der Waals surface area (Å²) in [5.74, 6) is 1.26. The zero-order valence-electron chi connectivity index (χ0n) is 18.5. The number of nitrogens with one attached hydrogen (secondary N) is 2. The molecule has 0 atom stereocenters. The zero-order chi connectivity index (χ0) is 21.6. The first kappa shape index (κ1) is 25.6. The Balaban J connectivity index is 0.00000341. The van der Waals surface area contributed by atoms with Crippen LogP contribution in [0, 0.1) is 13.8 Å². The maximum absolute atomic E-state index is 11.6. The molecule has 1 saturated heterocycles. The van der Waals surface area contributed by atoms with Gasteiger partial charge in [-0.1, -0.05) is 18.2 Å². The van der Waals surface area contributed by atoms with Crippen molar-refractivity contribution in [3.63, 3.8) is 0 Å². The highest BCUT2D eigenvalue weighted by Crippen LogP contribution is 2.17. The molecule has 1 aliphatic rings. The van der Waals surface area contributed by atoms with Crippen LogP contribution in [0.1, 0.15) is 23.9 Å². The van der Waals surface area contributed by atoms with E-state index in [-0.39, 0.29) is 35.5 Å². The fraction of sp³-hybridized carbons (Fsp3) is 0.524. The second-order valence-corrected chi connectivity index (χ2v) is 9.89. The van der Waals surface area contributed by atoms with Crippen LogP contribution in [0.25, 0.3) is 5.69 Å². The summed E-state index contributed by atoms with van der Waals surface area (Å²) in [6.07, 6.45) is 0. The molecule has 172 valence electrons. The van der Waals surface area contributed by atoms with Gasteiger partial charge in [-0.15, -0.1) is 24.0 Å². The van der Waals surface area contributed by atoms with Crippen LogP contribution in [0.5, 0.6) is 0 Å². The van der Waals surface area contributed by atoms with Gasteiger partial charge in [-0.05, 0) is 38.5 Å². The van der Waals surface area contributed by atoms with E-state index in [1.807, 2.05) is 30.7 Å². The van der Waals surface area contributed by atoms with Crippen LogP contribution in [0.15, 0.2) is 35.3 Å². The van der Waals surface area contributed by atoms with Gasteiger partial charge < -0.3 is 10.6 Å². The smallest absolute Gasteiger partial charge is 0.191 e. The quantitative estimate of drug-likeness (QED) is 0.306. The van der Waals surface area contributed by atoms with E-state index in [4.69, 9.17) is 4.99 Å². The van der Waals surface area contributed by atoms with E-state index in [0.717, 1.165) is 41.7 Å². The van der Waals surface area contributed by atoms with Gasteiger partial charge in [0.2, 0.25) is 0 Å². The van der Waals surface area contributed by atoms with Crippen LogP contribution >= 0.6 is 24.0 Å². The first-order valence-corrected chi connectivity index (χ1v) is 12.3. The highest BCUT2D eigenvalue weighted by molar-refractivity contribution is 14.0. The largest absolute Gasteiger partial charge is 0.357 e. The summed E-state index contributed by atoms with van der Waals surface area (Å²) < 4.78 is 25.1. The van der Waals surface area contributed by atoms with Crippen molar-refractivity contribution in [2.45, 2.75) is 27.3 Å². The summed E-state index contributed by atoms with van der Waals surface area (Å²) in [5, 5.41) is 11.2. The summed E-state index contributed by atoms with van der Waals surface area (Å²) in [5.41, 5.74) is 4.23. The predicted octanol–water partition coefficient (Wildman–Crippen LogP) is 1.89. The van der Waals surface area contributed by atoms with E-state index in [2.05, 4.69) is 45.8 Å². The zero-order valence-corrected chi connectivity index (χ0v) is 21.6. The van der Waals surface area contributed by atoms with Crippen LogP contribution in [-0.4, -0.2) is 73.3 Å². The molecule has 31 heavy (non-hydrogen) atoms. The first-order valence-electron chi connectivity index (χ1n) is 10.4. The molecule has 0 saturated carbocycles. The van der Waals surface area contributed by atoms with Crippen molar-refractivity contribution in [3.05, 3.63) is 47.3 Å². The van der Waals surface area contributed by atoms with Gasteiger partial charge in [-0.25, -0.2) is 18.1 Å². The minimum atomic E-state index is -2.84. The van der Waals surface area contributed by atoms with E-state index in [1.165, 1.54) is 0 Å². The maximum Gasteiger partial charge on any atom is 0.191 e. The first-order chi connectivity index (χ1) is 14.4.